The number of thioether (sulfide) groups is 1. The van der Waals surface area contributed by atoms with E-state index in [9.17, 15) is 14.9 Å². The quantitative estimate of drug-likeness (QED) is 0.344. The van der Waals surface area contributed by atoms with E-state index < -0.39 is 10.8 Å². The number of nitro groups is 1. The predicted octanol–water partition coefficient (Wildman–Crippen LogP) is 2.03. The van der Waals surface area contributed by atoms with Gasteiger partial charge in [-0.05, 0) is 34.2 Å². The van der Waals surface area contributed by atoms with Crippen molar-refractivity contribution < 1.29 is 14.5 Å². The van der Waals surface area contributed by atoms with Gasteiger partial charge in [-0.1, -0.05) is 30.0 Å². The zero-order valence-corrected chi connectivity index (χ0v) is 15.6. The molecular weight excluding hydrogens is 384 g/mol. The summed E-state index contributed by atoms with van der Waals surface area (Å²) in [5.41, 5.74) is 6.53. The van der Waals surface area contributed by atoms with Gasteiger partial charge in [0.15, 0.2) is 0 Å². The Hall–Kier alpha value is -3.47. The van der Waals surface area contributed by atoms with Crippen molar-refractivity contribution in [2.24, 2.45) is 5.73 Å². The summed E-state index contributed by atoms with van der Waals surface area (Å²) in [6.45, 7) is 0.446. The summed E-state index contributed by atoms with van der Waals surface area (Å²) in [5, 5.41) is 23.5. The van der Waals surface area contributed by atoms with E-state index in [2.05, 4.69) is 15.5 Å². The summed E-state index contributed by atoms with van der Waals surface area (Å²) in [6.07, 6.45) is 0. The maximum absolute atomic E-state index is 11.3. The highest BCUT2D eigenvalue weighted by Gasteiger charge is 2.18. The number of methoxy groups -OCH3 is 1. The molecule has 3 rings (SSSR count). The first-order valence-electron chi connectivity index (χ1n) is 8.07. The van der Waals surface area contributed by atoms with Gasteiger partial charge in [0.1, 0.15) is 5.75 Å². The number of amides is 1. The van der Waals surface area contributed by atoms with Gasteiger partial charge < -0.3 is 10.5 Å². The van der Waals surface area contributed by atoms with Gasteiger partial charge in [-0.2, -0.15) is 0 Å². The third-order valence-corrected chi connectivity index (χ3v) is 4.92. The van der Waals surface area contributed by atoms with Crippen molar-refractivity contribution >= 4 is 23.4 Å². The van der Waals surface area contributed by atoms with Crippen LogP contribution in [0.1, 0.15) is 21.5 Å². The van der Waals surface area contributed by atoms with E-state index in [-0.39, 0.29) is 17.0 Å². The third kappa shape index (κ3) is 4.43. The molecule has 1 amide bonds. The average molecular weight is 400 g/mol. The number of hydrogen-bond acceptors (Lipinski definition) is 8. The summed E-state index contributed by atoms with van der Waals surface area (Å²) >= 11 is 1.26. The standard InChI is InChI=1S/C17H16N6O4S/c1-27-14-6-2-11(3-7-14)9-22-17(19-20-21-22)28-10-13-5-4-12(16(18)24)8-15(13)23(25)26/h2-8H,9-10H2,1H3,(H2,18,24). The van der Waals surface area contributed by atoms with Crippen molar-refractivity contribution in [1.82, 2.24) is 20.2 Å². The number of tetrazole rings is 1. The Bertz CT molecular complexity index is 1010. The number of carbonyl (C=O) groups excluding carboxylic acids is 1. The summed E-state index contributed by atoms with van der Waals surface area (Å²) < 4.78 is 6.74. The third-order valence-electron chi connectivity index (χ3n) is 3.91. The Morgan fingerprint density at radius 3 is 2.68 bits per heavy atom. The number of rotatable bonds is 8. The van der Waals surface area contributed by atoms with Crippen molar-refractivity contribution in [1.29, 1.82) is 0 Å². The molecule has 0 aliphatic carbocycles. The van der Waals surface area contributed by atoms with Crippen molar-refractivity contribution in [3.8, 4) is 5.75 Å². The lowest BCUT2D eigenvalue weighted by atomic mass is 10.1. The van der Waals surface area contributed by atoms with Crippen molar-refractivity contribution in [3.05, 3.63) is 69.3 Å². The van der Waals surface area contributed by atoms with Gasteiger partial charge in [0.05, 0.1) is 18.6 Å². The second kappa shape index (κ2) is 8.48. The largest absolute Gasteiger partial charge is 0.497 e. The van der Waals surface area contributed by atoms with Crippen LogP contribution in [0.4, 0.5) is 5.69 Å². The Labute approximate surface area is 163 Å². The van der Waals surface area contributed by atoms with Crippen molar-refractivity contribution in [2.45, 2.75) is 17.5 Å². The molecule has 144 valence electrons. The monoisotopic (exact) mass is 400 g/mol. The molecule has 11 heteroatoms. The highest BCUT2D eigenvalue weighted by molar-refractivity contribution is 7.98. The molecule has 0 fully saturated rings. The van der Waals surface area contributed by atoms with Crippen LogP contribution < -0.4 is 10.5 Å². The minimum absolute atomic E-state index is 0.0878. The Morgan fingerprint density at radius 1 is 1.29 bits per heavy atom. The molecule has 0 bridgehead atoms. The predicted molar refractivity (Wildman–Crippen MR) is 101 cm³/mol. The number of nitrogens with two attached hydrogens (primary N) is 1. The first kappa shape index (κ1) is 19.3. The van der Waals surface area contributed by atoms with Crippen LogP contribution in [0.5, 0.6) is 5.75 Å². The molecule has 0 atom stereocenters. The summed E-state index contributed by atoms with van der Waals surface area (Å²) in [4.78, 5) is 22.0. The number of ether oxygens (including phenoxy) is 1. The molecule has 0 aliphatic heterocycles. The SMILES string of the molecule is COc1ccc(Cn2nnnc2SCc2ccc(C(N)=O)cc2[N+](=O)[O-])cc1. The number of benzene rings is 2. The smallest absolute Gasteiger partial charge is 0.274 e. The summed E-state index contributed by atoms with van der Waals surface area (Å²) in [6, 6.07) is 11.7. The maximum atomic E-state index is 11.3. The van der Waals surface area contributed by atoms with E-state index in [0.717, 1.165) is 11.3 Å². The van der Waals surface area contributed by atoms with Crippen LogP contribution in [0.25, 0.3) is 0 Å². The molecule has 0 radical (unpaired) electrons. The minimum Gasteiger partial charge on any atom is -0.497 e. The molecule has 2 aromatic carbocycles. The fraction of sp³-hybridized carbons (Fsp3) is 0.176. The highest BCUT2D eigenvalue weighted by Crippen LogP contribution is 2.28. The van der Waals surface area contributed by atoms with Crippen LogP contribution in [0, 0.1) is 10.1 Å². The van der Waals surface area contributed by atoms with E-state index in [1.54, 1.807) is 11.8 Å². The zero-order valence-electron chi connectivity index (χ0n) is 14.8. The number of carbonyl (C=O) groups is 1. The zero-order chi connectivity index (χ0) is 20.1. The van der Waals surface area contributed by atoms with E-state index in [1.165, 1.54) is 30.0 Å². The van der Waals surface area contributed by atoms with Crippen LogP contribution in [0.2, 0.25) is 0 Å². The van der Waals surface area contributed by atoms with Gasteiger partial charge >= 0.3 is 0 Å². The van der Waals surface area contributed by atoms with Gasteiger partial charge in [-0.3, -0.25) is 14.9 Å². The second-order valence-corrected chi connectivity index (χ2v) is 6.66. The second-order valence-electron chi connectivity index (χ2n) is 5.72. The summed E-state index contributed by atoms with van der Waals surface area (Å²) in [5.74, 6) is 0.297. The van der Waals surface area contributed by atoms with Crippen molar-refractivity contribution in [3.63, 3.8) is 0 Å². The Kier molecular flexibility index (Phi) is 5.84. The van der Waals surface area contributed by atoms with Gasteiger partial charge in [0.2, 0.25) is 11.1 Å². The van der Waals surface area contributed by atoms with E-state index in [1.807, 2.05) is 24.3 Å². The fourth-order valence-electron chi connectivity index (χ4n) is 2.45. The average Bonchev–Trinajstić information content (AvgIpc) is 3.13. The molecule has 1 heterocycles. The Morgan fingerprint density at radius 2 is 2.04 bits per heavy atom. The number of aromatic nitrogens is 4. The molecule has 0 spiro atoms. The number of primary amides is 1. The van der Waals surface area contributed by atoms with Gasteiger partial charge in [-0.15, -0.1) is 5.10 Å². The fourth-order valence-corrected chi connectivity index (χ4v) is 3.33. The lowest BCUT2D eigenvalue weighted by molar-refractivity contribution is -0.385. The molecule has 10 nitrogen and oxygen atoms in total. The van der Waals surface area contributed by atoms with Crippen LogP contribution in [-0.2, 0) is 12.3 Å². The van der Waals surface area contributed by atoms with Crippen molar-refractivity contribution in [2.75, 3.05) is 7.11 Å². The van der Waals surface area contributed by atoms with Gasteiger partial charge in [0.25, 0.3) is 5.69 Å². The van der Waals surface area contributed by atoms with E-state index in [0.29, 0.717) is 17.3 Å². The first-order valence-corrected chi connectivity index (χ1v) is 9.05. The molecular formula is C17H16N6O4S. The van der Waals surface area contributed by atoms with Crippen LogP contribution >= 0.6 is 11.8 Å². The molecule has 3 aromatic rings. The maximum Gasteiger partial charge on any atom is 0.274 e. The van der Waals surface area contributed by atoms with Crippen LogP contribution in [-0.4, -0.2) is 38.1 Å². The topological polar surface area (TPSA) is 139 Å². The van der Waals surface area contributed by atoms with Crippen LogP contribution in [0.15, 0.2) is 47.6 Å². The molecule has 0 saturated carbocycles. The molecule has 0 saturated heterocycles. The molecule has 2 N–H and O–H groups in total. The molecule has 0 unspecified atom stereocenters. The highest BCUT2D eigenvalue weighted by atomic mass is 32.2. The first-order chi connectivity index (χ1) is 13.5. The number of nitrogens with zero attached hydrogens (tertiary/aromatic N) is 5. The van der Waals surface area contributed by atoms with Gasteiger partial charge in [0, 0.05) is 22.9 Å². The van der Waals surface area contributed by atoms with Gasteiger partial charge in [-0.25, -0.2) is 4.68 Å². The lowest BCUT2D eigenvalue weighted by Crippen LogP contribution is -2.11. The molecule has 0 aliphatic rings. The number of hydrogen-bond donors (Lipinski definition) is 1. The normalized spacial score (nSPS) is 10.6. The molecule has 1 aromatic heterocycles. The number of nitro benzene ring substituents is 1. The Balaban J connectivity index is 1.74. The minimum atomic E-state index is -0.717. The summed E-state index contributed by atoms with van der Waals surface area (Å²) in [7, 11) is 1.60. The molecule has 28 heavy (non-hydrogen) atoms. The van der Waals surface area contributed by atoms with Crippen LogP contribution in [0.3, 0.4) is 0 Å². The lowest BCUT2D eigenvalue weighted by Gasteiger charge is -2.07. The van der Waals surface area contributed by atoms with E-state index >= 15 is 0 Å². The van der Waals surface area contributed by atoms with E-state index in [4.69, 9.17) is 10.5 Å².